The number of aryl methyl sites for hydroxylation is 2. The minimum absolute atomic E-state index is 0.137. The summed E-state index contributed by atoms with van der Waals surface area (Å²) in [5, 5.41) is 5.07. The van der Waals surface area contributed by atoms with Gasteiger partial charge in [-0.05, 0) is 43.5 Å². The molecular weight excluding hydrogens is 344 g/mol. The van der Waals surface area contributed by atoms with Gasteiger partial charge in [-0.25, -0.2) is 4.98 Å². The Morgan fingerprint density at radius 3 is 2.96 bits per heavy atom. The van der Waals surface area contributed by atoms with Crippen LogP contribution in [0, 0.1) is 13.8 Å². The Morgan fingerprint density at radius 2 is 2.12 bits per heavy atom. The van der Waals surface area contributed by atoms with E-state index >= 15 is 0 Å². The van der Waals surface area contributed by atoms with Crippen LogP contribution in [0.3, 0.4) is 0 Å². The fourth-order valence-electron chi connectivity index (χ4n) is 3.37. The highest BCUT2D eigenvalue weighted by molar-refractivity contribution is 7.21. The Hall–Kier alpha value is -2.86. The molecule has 4 aromatic rings. The van der Waals surface area contributed by atoms with E-state index < -0.39 is 0 Å². The van der Waals surface area contributed by atoms with Crippen molar-refractivity contribution >= 4 is 44.1 Å². The van der Waals surface area contributed by atoms with Gasteiger partial charge in [-0.2, -0.15) is 0 Å². The van der Waals surface area contributed by atoms with Gasteiger partial charge in [0.25, 0.3) is 5.91 Å². The molecule has 132 valence electrons. The first-order chi connectivity index (χ1) is 12.5. The summed E-state index contributed by atoms with van der Waals surface area (Å²) in [7, 11) is 0. The van der Waals surface area contributed by atoms with Crippen LogP contribution in [-0.4, -0.2) is 22.4 Å². The normalized spacial score (nSPS) is 11.3. The SMILES string of the molecule is Cc1cc(C)c2c(N)c(C(=O)NCCc3c[nH]c4ccccc34)sc2n1. The third kappa shape index (κ3) is 2.82. The number of nitrogen functional groups attached to an aromatic ring is 1. The van der Waals surface area contributed by atoms with E-state index in [1.54, 1.807) is 0 Å². The largest absolute Gasteiger partial charge is 0.397 e. The van der Waals surface area contributed by atoms with Crippen molar-refractivity contribution in [1.29, 1.82) is 0 Å². The van der Waals surface area contributed by atoms with Crippen LogP contribution in [-0.2, 0) is 6.42 Å². The maximum atomic E-state index is 12.6. The quantitative estimate of drug-likeness (QED) is 0.513. The molecule has 0 fully saturated rings. The summed E-state index contributed by atoms with van der Waals surface area (Å²) in [4.78, 5) is 21.7. The molecule has 4 rings (SSSR count). The maximum Gasteiger partial charge on any atom is 0.263 e. The van der Waals surface area contributed by atoms with E-state index in [9.17, 15) is 4.79 Å². The number of anilines is 1. The highest BCUT2D eigenvalue weighted by Gasteiger charge is 2.18. The first-order valence-corrected chi connectivity index (χ1v) is 9.35. The third-order valence-electron chi connectivity index (χ3n) is 4.59. The Balaban J connectivity index is 1.51. The zero-order valence-corrected chi connectivity index (χ0v) is 15.5. The van der Waals surface area contributed by atoms with Gasteiger partial charge in [-0.1, -0.05) is 18.2 Å². The molecule has 0 atom stereocenters. The van der Waals surface area contributed by atoms with Gasteiger partial charge in [0, 0.05) is 34.7 Å². The van der Waals surface area contributed by atoms with Crippen LogP contribution >= 0.6 is 11.3 Å². The summed E-state index contributed by atoms with van der Waals surface area (Å²) in [6, 6.07) is 10.2. The van der Waals surface area contributed by atoms with Crippen molar-refractivity contribution in [3.8, 4) is 0 Å². The van der Waals surface area contributed by atoms with Crippen molar-refractivity contribution in [2.75, 3.05) is 12.3 Å². The van der Waals surface area contributed by atoms with Crippen molar-refractivity contribution in [1.82, 2.24) is 15.3 Å². The van der Waals surface area contributed by atoms with Gasteiger partial charge in [0.05, 0.1) is 5.69 Å². The van der Waals surface area contributed by atoms with Gasteiger partial charge in [0.15, 0.2) is 0 Å². The van der Waals surface area contributed by atoms with E-state index in [1.807, 2.05) is 44.3 Å². The molecule has 0 aliphatic heterocycles. The summed E-state index contributed by atoms with van der Waals surface area (Å²) < 4.78 is 0. The second-order valence-electron chi connectivity index (χ2n) is 6.47. The number of nitrogens with zero attached hydrogens (tertiary/aromatic N) is 1. The number of hydrogen-bond acceptors (Lipinski definition) is 4. The lowest BCUT2D eigenvalue weighted by molar-refractivity contribution is 0.0959. The number of para-hydroxylation sites is 1. The Bertz CT molecular complexity index is 1130. The summed E-state index contributed by atoms with van der Waals surface area (Å²) in [5.41, 5.74) is 11.1. The maximum absolute atomic E-state index is 12.6. The van der Waals surface area contributed by atoms with E-state index in [0.29, 0.717) is 17.1 Å². The van der Waals surface area contributed by atoms with Gasteiger partial charge in [-0.15, -0.1) is 11.3 Å². The number of carbonyl (C=O) groups excluding carboxylic acids is 1. The van der Waals surface area contributed by atoms with Crippen LogP contribution in [0.15, 0.2) is 36.5 Å². The molecule has 6 heteroatoms. The van der Waals surface area contributed by atoms with Crippen LogP contribution < -0.4 is 11.1 Å². The predicted molar refractivity (Wildman–Crippen MR) is 108 cm³/mol. The number of amides is 1. The molecule has 0 saturated carbocycles. The molecule has 3 heterocycles. The van der Waals surface area contributed by atoms with Crippen LogP contribution in [0.5, 0.6) is 0 Å². The second-order valence-corrected chi connectivity index (χ2v) is 7.47. The van der Waals surface area contributed by atoms with Crippen molar-refractivity contribution in [2.45, 2.75) is 20.3 Å². The molecule has 3 aromatic heterocycles. The zero-order chi connectivity index (χ0) is 18.3. The number of benzene rings is 1. The van der Waals surface area contributed by atoms with Gasteiger partial charge >= 0.3 is 0 Å². The minimum Gasteiger partial charge on any atom is -0.397 e. The average molecular weight is 364 g/mol. The number of rotatable bonds is 4. The Labute approximate surface area is 155 Å². The molecule has 1 amide bonds. The van der Waals surface area contributed by atoms with Crippen molar-refractivity contribution in [3.63, 3.8) is 0 Å². The molecule has 1 aromatic carbocycles. The van der Waals surface area contributed by atoms with E-state index in [0.717, 1.165) is 33.4 Å². The fraction of sp³-hybridized carbons (Fsp3) is 0.200. The van der Waals surface area contributed by atoms with Gasteiger partial charge < -0.3 is 16.0 Å². The number of H-pyrrole nitrogens is 1. The number of nitrogens with one attached hydrogen (secondary N) is 2. The molecule has 5 nitrogen and oxygen atoms in total. The Morgan fingerprint density at radius 1 is 1.31 bits per heavy atom. The van der Waals surface area contributed by atoms with Crippen LogP contribution in [0.1, 0.15) is 26.5 Å². The van der Waals surface area contributed by atoms with Gasteiger partial charge in [0.1, 0.15) is 9.71 Å². The topological polar surface area (TPSA) is 83.8 Å². The predicted octanol–water partition coefficient (Wildman–Crippen LogP) is 3.95. The first kappa shape index (κ1) is 16.6. The van der Waals surface area contributed by atoms with E-state index in [4.69, 9.17) is 5.73 Å². The monoisotopic (exact) mass is 364 g/mol. The van der Waals surface area contributed by atoms with Gasteiger partial charge in [-0.3, -0.25) is 4.79 Å². The average Bonchev–Trinajstić information content (AvgIpc) is 3.16. The number of hydrogen-bond donors (Lipinski definition) is 3. The van der Waals surface area contributed by atoms with Gasteiger partial charge in [0.2, 0.25) is 0 Å². The summed E-state index contributed by atoms with van der Waals surface area (Å²) >= 11 is 1.36. The molecule has 0 spiro atoms. The molecule has 26 heavy (non-hydrogen) atoms. The lowest BCUT2D eigenvalue weighted by atomic mass is 10.1. The molecule has 0 radical (unpaired) electrons. The van der Waals surface area contributed by atoms with Crippen molar-refractivity contribution < 1.29 is 4.79 Å². The smallest absolute Gasteiger partial charge is 0.263 e. The lowest BCUT2D eigenvalue weighted by Crippen LogP contribution is -2.25. The van der Waals surface area contributed by atoms with Crippen LogP contribution in [0.4, 0.5) is 5.69 Å². The first-order valence-electron chi connectivity index (χ1n) is 8.54. The van der Waals surface area contributed by atoms with E-state index in [1.165, 1.54) is 22.3 Å². The highest BCUT2D eigenvalue weighted by atomic mass is 32.1. The molecular formula is C20H20N4OS. The van der Waals surface area contributed by atoms with E-state index in [2.05, 4.69) is 21.4 Å². The standard InChI is InChI=1S/C20H20N4OS/c1-11-9-12(2)24-20-16(11)17(21)18(26-20)19(25)22-8-7-13-10-23-15-6-4-3-5-14(13)15/h3-6,9-10,23H,7-8,21H2,1-2H3,(H,22,25). The van der Waals surface area contributed by atoms with Crippen LogP contribution in [0.2, 0.25) is 0 Å². The lowest BCUT2D eigenvalue weighted by Gasteiger charge is -2.04. The molecule has 0 aliphatic carbocycles. The number of pyridine rings is 1. The fourth-order valence-corrected chi connectivity index (χ4v) is 4.50. The van der Waals surface area contributed by atoms with Crippen LogP contribution in [0.25, 0.3) is 21.1 Å². The second kappa shape index (κ2) is 6.46. The number of aromatic nitrogens is 2. The Kier molecular flexibility index (Phi) is 4.12. The number of fused-ring (bicyclic) bond motifs is 2. The molecule has 0 bridgehead atoms. The number of carbonyl (C=O) groups is 1. The summed E-state index contributed by atoms with van der Waals surface area (Å²) in [5.74, 6) is -0.137. The van der Waals surface area contributed by atoms with E-state index in [-0.39, 0.29) is 5.91 Å². The zero-order valence-electron chi connectivity index (χ0n) is 14.7. The highest BCUT2D eigenvalue weighted by Crippen LogP contribution is 2.34. The number of aromatic amines is 1. The van der Waals surface area contributed by atoms with Crippen molar-refractivity contribution in [2.24, 2.45) is 0 Å². The molecule has 4 N–H and O–H groups in total. The molecule has 0 aliphatic rings. The molecule has 0 saturated heterocycles. The minimum atomic E-state index is -0.137. The number of nitrogens with two attached hydrogens (primary N) is 1. The third-order valence-corrected chi connectivity index (χ3v) is 5.68. The summed E-state index contributed by atoms with van der Waals surface area (Å²) in [6.45, 7) is 4.50. The molecule has 0 unspecified atom stereocenters. The number of thiophene rings is 1. The summed E-state index contributed by atoms with van der Waals surface area (Å²) in [6.07, 6.45) is 2.76. The van der Waals surface area contributed by atoms with Crippen molar-refractivity contribution in [3.05, 3.63) is 58.2 Å².